The maximum Gasteiger partial charge on any atom is 0.264 e. The molecule has 15 aromatic rings. The van der Waals surface area contributed by atoms with Crippen LogP contribution >= 0.6 is 0 Å². The first-order chi connectivity index (χ1) is 36.2. The molecule has 0 atom stereocenters. The van der Waals surface area contributed by atoms with Crippen molar-refractivity contribution >= 4 is 110 Å². The molecule has 73 heavy (non-hydrogen) atoms. The highest BCUT2D eigenvalue weighted by molar-refractivity contribution is 6.98. The van der Waals surface area contributed by atoms with Crippen molar-refractivity contribution in [1.82, 2.24) is 28.2 Å². The number of para-hydroxylation sites is 8. The van der Waals surface area contributed by atoms with E-state index in [0.29, 0.717) is 0 Å². The van der Waals surface area contributed by atoms with Crippen LogP contribution in [0.3, 0.4) is 0 Å². The molecule has 8 nitrogen and oxygen atoms in total. The number of hydrogen-bond donors (Lipinski definition) is 0. The summed E-state index contributed by atoms with van der Waals surface area (Å²) in [4.78, 5) is 10.6. The number of aromatic nitrogens is 6. The molecule has 2 aliphatic rings. The zero-order valence-electron chi connectivity index (χ0n) is 38.9. The molecule has 17 rings (SSSR count). The molecule has 0 unspecified atom stereocenters. The Morgan fingerprint density at radius 3 is 1.26 bits per heavy atom. The third-order valence-electron chi connectivity index (χ3n) is 15.6. The van der Waals surface area contributed by atoms with Crippen molar-refractivity contribution in [3.05, 3.63) is 225 Å². The normalized spacial score (nSPS) is 12.8. The lowest BCUT2D eigenvalue weighted by Gasteiger charge is -2.33. The maximum atomic E-state index is 7.54. The van der Waals surface area contributed by atoms with Gasteiger partial charge in [-0.2, -0.15) is 0 Å². The van der Waals surface area contributed by atoms with Gasteiger partial charge in [0.1, 0.15) is 34.6 Å². The highest BCUT2D eigenvalue weighted by atomic mass is 16.5. The second kappa shape index (κ2) is 14.4. The Hall–Kier alpha value is -9.86. The SMILES string of the molecule is c1ccc(-n2c3cc4c5c(c3c3cccc(-n6c7ccccc7c7ccccc76)c32)Oc2cc(-n3c6ccccc6c6ccccc63)ncc2B5c2cnc(-n3c5ccccc5c5ccccc53)cc2O4)cc1. The number of fused-ring (bicyclic) bond motifs is 17. The first-order valence-corrected chi connectivity index (χ1v) is 24.8. The Kier molecular flexibility index (Phi) is 7.66. The van der Waals surface area contributed by atoms with Crippen LogP contribution in [-0.4, -0.2) is 34.9 Å². The second-order valence-electron chi connectivity index (χ2n) is 19.3. The molecule has 0 radical (unpaired) electrons. The third kappa shape index (κ3) is 5.19. The molecule has 9 aromatic carbocycles. The highest BCUT2D eigenvalue weighted by Crippen LogP contribution is 2.48. The highest BCUT2D eigenvalue weighted by Gasteiger charge is 2.43. The van der Waals surface area contributed by atoms with Crippen LogP contribution in [-0.2, 0) is 0 Å². The van der Waals surface area contributed by atoms with Gasteiger partial charge in [-0.25, -0.2) is 9.97 Å². The van der Waals surface area contributed by atoms with Crippen molar-refractivity contribution in [3.8, 4) is 46.0 Å². The third-order valence-corrected chi connectivity index (χ3v) is 15.6. The molecule has 0 spiro atoms. The summed E-state index contributed by atoms with van der Waals surface area (Å²) >= 11 is 0. The molecular weight excluding hydrogens is 896 g/mol. The van der Waals surface area contributed by atoms with E-state index in [4.69, 9.17) is 19.4 Å². The lowest BCUT2D eigenvalue weighted by molar-refractivity contribution is 0.467. The fraction of sp³-hybridized carbons (Fsp3) is 0. The molecule has 0 saturated carbocycles. The van der Waals surface area contributed by atoms with Crippen LogP contribution in [0, 0.1) is 0 Å². The van der Waals surface area contributed by atoms with Gasteiger partial charge in [-0.3, -0.25) is 9.13 Å². The summed E-state index contributed by atoms with van der Waals surface area (Å²) in [7, 11) is 0. The second-order valence-corrected chi connectivity index (χ2v) is 19.3. The minimum atomic E-state index is -0.308. The summed E-state index contributed by atoms with van der Waals surface area (Å²) in [6, 6.07) is 75.5. The zero-order valence-corrected chi connectivity index (χ0v) is 38.9. The minimum Gasteiger partial charge on any atom is -0.458 e. The van der Waals surface area contributed by atoms with Crippen LogP contribution in [0.4, 0.5) is 0 Å². The molecule has 338 valence electrons. The van der Waals surface area contributed by atoms with Crippen molar-refractivity contribution in [1.29, 1.82) is 0 Å². The van der Waals surface area contributed by atoms with Gasteiger partial charge in [0, 0.05) is 79.4 Å². The van der Waals surface area contributed by atoms with Crippen LogP contribution in [0.15, 0.2) is 225 Å². The van der Waals surface area contributed by atoms with Gasteiger partial charge < -0.3 is 18.6 Å². The molecule has 0 bridgehead atoms. The van der Waals surface area contributed by atoms with Crippen molar-refractivity contribution in [2.45, 2.75) is 0 Å². The van der Waals surface area contributed by atoms with E-state index in [-0.39, 0.29) is 6.71 Å². The lowest BCUT2D eigenvalue weighted by atomic mass is 9.35. The predicted octanol–water partition coefficient (Wildman–Crippen LogP) is 13.6. The van der Waals surface area contributed by atoms with E-state index in [0.717, 1.165) is 117 Å². The van der Waals surface area contributed by atoms with Gasteiger partial charge in [0.05, 0.1) is 55.2 Å². The van der Waals surface area contributed by atoms with Crippen molar-refractivity contribution in [2.24, 2.45) is 0 Å². The molecular formula is C64H37BN6O2. The van der Waals surface area contributed by atoms with E-state index in [1.807, 2.05) is 12.4 Å². The number of rotatable bonds is 4. The largest absolute Gasteiger partial charge is 0.458 e. The summed E-state index contributed by atoms with van der Waals surface area (Å²) in [5.41, 5.74) is 13.6. The maximum absolute atomic E-state index is 7.54. The molecule has 9 heteroatoms. The fourth-order valence-electron chi connectivity index (χ4n) is 12.6. The van der Waals surface area contributed by atoms with Crippen LogP contribution < -0.4 is 25.9 Å². The van der Waals surface area contributed by atoms with Gasteiger partial charge in [0.15, 0.2) is 0 Å². The number of benzene rings is 9. The molecule has 0 fully saturated rings. The number of ether oxygens (including phenoxy) is 2. The molecule has 8 heterocycles. The first kappa shape index (κ1) is 38.9. The smallest absolute Gasteiger partial charge is 0.264 e. The molecule has 0 amide bonds. The van der Waals surface area contributed by atoms with Gasteiger partial charge >= 0.3 is 0 Å². The van der Waals surface area contributed by atoms with Gasteiger partial charge in [0.2, 0.25) is 0 Å². The summed E-state index contributed by atoms with van der Waals surface area (Å²) in [6.07, 6.45) is 4.03. The number of hydrogen-bond acceptors (Lipinski definition) is 4. The van der Waals surface area contributed by atoms with Crippen molar-refractivity contribution in [3.63, 3.8) is 0 Å². The molecule has 0 aliphatic carbocycles. The number of nitrogens with zero attached hydrogens (tertiary/aromatic N) is 6. The Bertz CT molecular complexity index is 4720. The quantitative estimate of drug-likeness (QED) is 0.165. The lowest BCUT2D eigenvalue weighted by Crippen LogP contribution is -2.57. The van der Waals surface area contributed by atoms with Crippen LogP contribution in [0.2, 0.25) is 0 Å². The summed E-state index contributed by atoms with van der Waals surface area (Å²) in [5, 5.41) is 9.19. The van der Waals surface area contributed by atoms with E-state index >= 15 is 0 Å². The Morgan fingerprint density at radius 2 is 0.767 bits per heavy atom. The van der Waals surface area contributed by atoms with Gasteiger partial charge in [0.25, 0.3) is 6.71 Å². The van der Waals surface area contributed by atoms with Gasteiger partial charge in [-0.15, -0.1) is 0 Å². The standard InChI is InChI=1S/C64H37BN6O2/c1-2-17-38(18-3-1)68-55-33-58-62-64(61(55)45-25-16-32-54(63(45)68)69-48-26-10-4-19-39(48)40-20-5-11-27-49(40)69)73-57-35-60(71-52-30-14-8-23-43(52)44-24-9-15-31-53(44)71)67-37-47(57)65(62)46-36-66-59(34-56(46)72-58)70-50-28-12-6-21-41(50)42-22-7-13-29-51(42)70/h1-37H. The molecule has 0 N–H and O–H groups in total. The molecule has 6 aromatic heterocycles. The van der Waals surface area contributed by atoms with Crippen molar-refractivity contribution < 1.29 is 9.47 Å². The summed E-state index contributed by atoms with van der Waals surface area (Å²) < 4.78 is 24.2. The first-order valence-electron chi connectivity index (χ1n) is 24.8. The van der Waals surface area contributed by atoms with Crippen LogP contribution in [0.1, 0.15) is 0 Å². The van der Waals surface area contributed by atoms with Crippen molar-refractivity contribution in [2.75, 3.05) is 0 Å². The van der Waals surface area contributed by atoms with E-state index in [1.165, 1.54) is 32.3 Å². The topological polar surface area (TPSA) is 64.0 Å². The molecule has 0 saturated heterocycles. The summed E-state index contributed by atoms with van der Waals surface area (Å²) in [6.45, 7) is -0.308. The summed E-state index contributed by atoms with van der Waals surface area (Å²) in [5.74, 6) is 4.53. The van der Waals surface area contributed by atoms with E-state index in [9.17, 15) is 0 Å². The van der Waals surface area contributed by atoms with Crippen LogP contribution in [0.5, 0.6) is 23.0 Å². The Labute approximate surface area is 416 Å². The van der Waals surface area contributed by atoms with Crippen LogP contribution in [0.25, 0.3) is 110 Å². The zero-order chi connectivity index (χ0) is 47.5. The fourth-order valence-corrected chi connectivity index (χ4v) is 12.6. The van der Waals surface area contributed by atoms with E-state index in [1.54, 1.807) is 0 Å². The van der Waals surface area contributed by atoms with Gasteiger partial charge in [-0.05, 0) is 65.5 Å². The minimum absolute atomic E-state index is 0.308. The number of pyridine rings is 2. The van der Waals surface area contributed by atoms with E-state index in [2.05, 4.69) is 231 Å². The Morgan fingerprint density at radius 1 is 0.342 bits per heavy atom. The average Bonchev–Trinajstić information content (AvgIpc) is 4.18. The van der Waals surface area contributed by atoms with Gasteiger partial charge in [-0.1, -0.05) is 140 Å². The average molecular weight is 933 g/mol. The van der Waals surface area contributed by atoms with E-state index < -0.39 is 0 Å². The Balaban J connectivity index is 0.973. The monoisotopic (exact) mass is 932 g/mol. The molecule has 2 aliphatic heterocycles. The predicted molar refractivity (Wildman–Crippen MR) is 297 cm³/mol.